The van der Waals surface area contributed by atoms with E-state index in [1.165, 1.54) is 0 Å². The summed E-state index contributed by atoms with van der Waals surface area (Å²) in [4.78, 5) is 38.6. The Morgan fingerprint density at radius 2 is 2.00 bits per heavy atom. The van der Waals surface area contributed by atoms with E-state index in [1.807, 2.05) is 17.1 Å². The molecular weight excluding hydrogens is 262 g/mol. The Hall–Kier alpha value is -3.16. The summed E-state index contributed by atoms with van der Waals surface area (Å²) in [5.74, 6) is -0.337. The number of carbonyl (C=O) groups is 1. The smallest absolute Gasteiger partial charge is 0.313 e. The number of para-hydroxylation sites is 1. The Kier molecular flexibility index (Phi) is 2.68. The van der Waals surface area contributed by atoms with Crippen molar-refractivity contribution < 1.29 is 4.79 Å². The van der Waals surface area contributed by atoms with Crippen molar-refractivity contribution in [3.05, 3.63) is 56.9 Å². The average Bonchev–Trinajstić information content (AvgIpc) is 2.82. The van der Waals surface area contributed by atoms with Crippen LogP contribution in [0.4, 0.5) is 5.82 Å². The molecule has 0 bridgehead atoms. The van der Waals surface area contributed by atoms with E-state index < -0.39 is 17.2 Å². The average molecular weight is 271 g/mol. The second-order valence-corrected chi connectivity index (χ2v) is 4.06. The first-order valence-electron chi connectivity index (χ1n) is 5.71. The summed E-state index contributed by atoms with van der Waals surface area (Å²) in [7, 11) is 0. The first-order valence-corrected chi connectivity index (χ1v) is 5.71. The Morgan fingerprint density at radius 3 is 2.80 bits per heavy atom. The fraction of sp³-hybridized carbons (Fsp3) is 0. The summed E-state index contributed by atoms with van der Waals surface area (Å²) in [5, 5.41) is 9.97. The number of benzene rings is 1. The lowest BCUT2D eigenvalue weighted by Crippen LogP contribution is -2.29. The number of nitrogens with one attached hydrogen (secondary N) is 4. The van der Waals surface area contributed by atoms with Crippen molar-refractivity contribution >= 4 is 22.6 Å². The van der Waals surface area contributed by atoms with Crippen molar-refractivity contribution in [3.8, 4) is 0 Å². The van der Waals surface area contributed by atoms with Crippen molar-refractivity contribution in [3.63, 3.8) is 0 Å². The molecule has 2 heterocycles. The van der Waals surface area contributed by atoms with Crippen LogP contribution in [0.2, 0.25) is 0 Å². The molecule has 0 aliphatic rings. The Labute approximate surface area is 110 Å². The van der Waals surface area contributed by atoms with E-state index in [2.05, 4.69) is 20.5 Å². The summed E-state index contributed by atoms with van der Waals surface area (Å²) >= 11 is 0. The number of aromatic amines is 3. The Balaban J connectivity index is 1.96. The minimum atomic E-state index is -0.758. The van der Waals surface area contributed by atoms with Gasteiger partial charge in [-0.3, -0.25) is 19.7 Å². The topological polar surface area (TPSA) is 123 Å². The molecule has 100 valence electrons. The molecule has 0 saturated carbocycles. The van der Waals surface area contributed by atoms with Crippen LogP contribution >= 0.6 is 0 Å². The van der Waals surface area contributed by atoms with Gasteiger partial charge in [0.25, 0.3) is 11.5 Å². The number of hydrogen-bond acceptors (Lipinski definition) is 4. The maximum Gasteiger partial charge on any atom is 0.325 e. The molecule has 0 radical (unpaired) electrons. The van der Waals surface area contributed by atoms with Crippen LogP contribution in [-0.2, 0) is 0 Å². The number of hydrogen-bond donors (Lipinski definition) is 4. The third-order valence-corrected chi connectivity index (χ3v) is 2.77. The zero-order chi connectivity index (χ0) is 14.1. The minimum Gasteiger partial charge on any atom is -0.313 e. The lowest BCUT2D eigenvalue weighted by atomic mass is 10.2. The molecule has 0 unspecified atom stereocenters. The van der Waals surface area contributed by atoms with Gasteiger partial charge in [-0.15, -0.1) is 0 Å². The lowest BCUT2D eigenvalue weighted by Gasteiger charge is -2.01. The Morgan fingerprint density at radius 1 is 1.20 bits per heavy atom. The molecule has 0 aliphatic carbocycles. The van der Waals surface area contributed by atoms with Gasteiger partial charge in [0.2, 0.25) is 0 Å². The third kappa shape index (κ3) is 1.99. The first-order chi connectivity index (χ1) is 9.65. The maximum atomic E-state index is 12.0. The van der Waals surface area contributed by atoms with E-state index in [0.717, 1.165) is 17.1 Å². The van der Waals surface area contributed by atoms with Crippen LogP contribution in [0.15, 0.2) is 40.1 Å². The highest BCUT2D eigenvalue weighted by atomic mass is 16.2. The Bertz CT molecular complexity index is 905. The van der Waals surface area contributed by atoms with E-state index in [1.54, 1.807) is 12.1 Å². The maximum absolute atomic E-state index is 12.0. The zero-order valence-electron chi connectivity index (χ0n) is 10.1. The molecule has 0 fully saturated rings. The molecular formula is C12H9N5O3. The molecule has 1 amide bonds. The van der Waals surface area contributed by atoms with Gasteiger partial charge in [-0.25, -0.2) is 4.79 Å². The summed E-state index contributed by atoms with van der Waals surface area (Å²) < 4.78 is 0. The number of fused-ring (bicyclic) bond motifs is 1. The van der Waals surface area contributed by atoms with Gasteiger partial charge in [0, 0.05) is 11.6 Å². The minimum absolute atomic E-state index is 0.198. The molecule has 4 N–H and O–H groups in total. The number of nitrogens with zero attached hydrogens (tertiary/aromatic N) is 1. The van der Waals surface area contributed by atoms with Crippen LogP contribution in [0.3, 0.4) is 0 Å². The van der Waals surface area contributed by atoms with Crippen molar-refractivity contribution in [1.82, 2.24) is 20.2 Å². The van der Waals surface area contributed by atoms with Gasteiger partial charge in [-0.2, -0.15) is 5.10 Å². The molecule has 1 aromatic carbocycles. The van der Waals surface area contributed by atoms with E-state index in [-0.39, 0.29) is 5.56 Å². The quantitative estimate of drug-likeness (QED) is 0.531. The molecule has 0 saturated heterocycles. The normalized spacial score (nSPS) is 10.6. The molecule has 2 aromatic heterocycles. The van der Waals surface area contributed by atoms with Gasteiger partial charge < -0.3 is 10.3 Å². The van der Waals surface area contributed by atoms with Crippen LogP contribution in [0, 0.1) is 0 Å². The van der Waals surface area contributed by atoms with Crippen molar-refractivity contribution in [2.45, 2.75) is 0 Å². The van der Waals surface area contributed by atoms with Crippen LogP contribution in [-0.4, -0.2) is 26.1 Å². The lowest BCUT2D eigenvalue weighted by molar-refractivity contribution is 0.102. The standard InChI is InChI=1S/C12H9N5O3/c18-10(7-5-13-12(20)15-11(7)19)14-9-6-3-1-2-4-8(6)16-17-9/h1-5H,(H2,13,15,19,20)(H2,14,16,17,18). The van der Waals surface area contributed by atoms with Gasteiger partial charge in [0.05, 0.1) is 5.52 Å². The number of H-pyrrole nitrogens is 3. The number of rotatable bonds is 2. The summed E-state index contributed by atoms with van der Waals surface area (Å²) in [6, 6.07) is 7.23. The van der Waals surface area contributed by atoms with E-state index in [9.17, 15) is 14.4 Å². The van der Waals surface area contributed by atoms with Gasteiger partial charge in [0.15, 0.2) is 5.82 Å². The number of carbonyl (C=O) groups excluding carboxylic acids is 1. The predicted molar refractivity (Wildman–Crippen MR) is 71.7 cm³/mol. The molecule has 0 atom stereocenters. The van der Waals surface area contributed by atoms with Crippen LogP contribution in [0.1, 0.15) is 10.4 Å². The summed E-state index contributed by atoms with van der Waals surface area (Å²) in [6.45, 7) is 0. The van der Waals surface area contributed by atoms with Gasteiger partial charge in [-0.1, -0.05) is 12.1 Å². The van der Waals surface area contributed by atoms with Crippen LogP contribution < -0.4 is 16.6 Å². The number of amides is 1. The highest BCUT2D eigenvalue weighted by molar-refractivity contribution is 6.07. The molecule has 8 nitrogen and oxygen atoms in total. The molecule has 0 spiro atoms. The third-order valence-electron chi connectivity index (χ3n) is 2.77. The molecule has 3 aromatic rings. The van der Waals surface area contributed by atoms with Crippen molar-refractivity contribution in [2.75, 3.05) is 5.32 Å². The van der Waals surface area contributed by atoms with Gasteiger partial charge in [0.1, 0.15) is 5.56 Å². The first kappa shape index (κ1) is 11.9. The molecule has 0 aliphatic heterocycles. The second-order valence-electron chi connectivity index (χ2n) is 4.06. The molecule has 3 rings (SSSR count). The summed E-state index contributed by atoms with van der Waals surface area (Å²) in [6.07, 6.45) is 1.06. The van der Waals surface area contributed by atoms with E-state index >= 15 is 0 Å². The largest absolute Gasteiger partial charge is 0.325 e. The van der Waals surface area contributed by atoms with Crippen molar-refractivity contribution in [1.29, 1.82) is 0 Å². The van der Waals surface area contributed by atoms with Crippen LogP contribution in [0.5, 0.6) is 0 Å². The highest BCUT2D eigenvalue weighted by Gasteiger charge is 2.14. The molecule has 20 heavy (non-hydrogen) atoms. The fourth-order valence-electron chi connectivity index (χ4n) is 1.81. The zero-order valence-corrected chi connectivity index (χ0v) is 10.1. The highest BCUT2D eigenvalue weighted by Crippen LogP contribution is 2.19. The van der Waals surface area contributed by atoms with Crippen molar-refractivity contribution in [2.24, 2.45) is 0 Å². The van der Waals surface area contributed by atoms with E-state index in [4.69, 9.17) is 0 Å². The fourth-order valence-corrected chi connectivity index (χ4v) is 1.81. The SMILES string of the molecule is O=C(Nc1n[nH]c2ccccc12)c1c[nH]c(=O)[nH]c1=O. The van der Waals surface area contributed by atoms with Gasteiger partial charge in [-0.05, 0) is 12.1 Å². The monoisotopic (exact) mass is 271 g/mol. The van der Waals surface area contributed by atoms with Gasteiger partial charge >= 0.3 is 5.69 Å². The summed E-state index contributed by atoms with van der Waals surface area (Å²) in [5.41, 5.74) is -0.863. The van der Waals surface area contributed by atoms with Crippen LogP contribution in [0.25, 0.3) is 10.9 Å². The predicted octanol–water partition coefficient (Wildman–Crippen LogP) is 0.192. The second kappa shape index (κ2) is 4.50. The number of aromatic nitrogens is 4. The number of anilines is 1. The molecule has 8 heteroatoms. The van der Waals surface area contributed by atoms with E-state index in [0.29, 0.717) is 5.82 Å².